The lowest BCUT2D eigenvalue weighted by Crippen LogP contribution is -2.24. The average Bonchev–Trinajstić information content (AvgIpc) is 3.29. The number of nitrogens with zero attached hydrogens (tertiary/aromatic N) is 4. The summed E-state index contributed by atoms with van der Waals surface area (Å²) in [4.78, 5) is 0. The Kier molecular flexibility index (Phi) is 12.9. The van der Waals surface area contributed by atoms with Crippen LogP contribution in [0.5, 0.6) is 0 Å². The van der Waals surface area contributed by atoms with Gasteiger partial charge in [0.05, 0.1) is 22.7 Å². The van der Waals surface area contributed by atoms with E-state index in [1.807, 2.05) is 170 Å². The quantitative estimate of drug-likeness (QED) is 0.102. The van der Waals surface area contributed by atoms with Gasteiger partial charge in [-0.05, 0) is 57.6 Å². The number of azo groups is 2. The summed E-state index contributed by atoms with van der Waals surface area (Å²) >= 11 is 12.9. The number of hydrogen-bond acceptors (Lipinski definition) is 6. The normalized spacial score (nSPS) is 11.6. The Balaban J connectivity index is 0.000000172. The molecule has 0 aliphatic heterocycles. The molecule has 8 rings (SSSR count). The van der Waals surface area contributed by atoms with E-state index in [2.05, 4.69) is 81.1 Å². The van der Waals surface area contributed by atoms with Crippen molar-refractivity contribution in [2.24, 2.45) is 20.5 Å². The smallest absolute Gasteiger partial charge is 0.0947 e. The van der Waals surface area contributed by atoms with E-state index in [0.717, 1.165) is 54.6 Å². The molecule has 4 nitrogen and oxygen atoms in total. The molecule has 0 bridgehead atoms. The van der Waals surface area contributed by atoms with Crippen LogP contribution in [0.25, 0.3) is 0 Å². The van der Waals surface area contributed by atoms with E-state index in [-0.39, 0.29) is 0 Å². The predicted octanol–water partition coefficient (Wildman–Crippen LogP) is 11.7. The summed E-state index contributed by atoms with van der Waals surface area (Å²) in [6.45, 7) is 0. The SMILES string of the molecule is S=P(c1ccccc1)(c1ccccc1)c1ccccc1N=Nc1ccccc1.S=P(c1ccccc1)(c1ccccc1)c1ccccc1N=Nc1ccccc1. The standard InChI is InChI=1S/2C24H19N2PS/c2*28-27(21-14-6-2-7-15-21,22-16-8-3-9-17-22)24-19-11-10-18-23(24)26-25-20-12-4-1-5-13-20/h2*1-19H. The summed E-state index contributed by atoms with van der Waals surface area (Å²) in [7, 11) is 0. The van der Waals surface area contributed by atoms with Gasteiger partial charge >= 0.3 is 0 Å². The van der Waals surface area contributed by atoms with Crippen LogP contribution in [0.15, 0.2) is 251 Å². The first-order chi connectivity index (χ1) is 27.6. The molecule has 0 radical (unpaired) electrons. The summed E-state index contributed by atoms with van der Waals surface area (Å²) < 4.78 is 0. The molecule has 8 aromatic carbocycles. The average molecular weight is 797 g/mol. The summed E-state index contributed by atoms with van der Waals surface area (Å²) in [5, 5.41) is 24.7. The molecule has 0 unspecified atom stereocenters. The zero-order valence-electron chi connectivity index (χ0n) is 30.4. The van der Waals surface area contributed by atoms with Gasteiger partial charge in [0.15, 0.2) is 0 Å². The second kappa shape index (κ2) is 18.7. The maximum absolute atomic E-state index is 6.43. The Morgan fingerprint density at radius 3 is 0.768 bits per heavy atom. The number of benzene rings is 8. The molecule has 0 aromatic heterocycles. The van der Waals surface area contributed by atoms with E-state index in [9.17, 15) is 0 Å². The first kappa shape index (κ1) is 38.5. The second-order valence-corrected chi connectivity index (χ2v) is 21.4. The van der Waals surface area contributed by atoms with Crippen molar-refractivity contribution in [2.45, 2.75) is 0 Å². The molecular formula is C48H38N4P2S2. The van der Waals surface area contributed by atoms with Crippen molar-refractivity contribution in [3.63, 3.8) is 0 Å². The van der Waals surface area contributed by atoms with Crippen LogP contribution in [0.4, 0.5) is 22.7 Å². The molecule has 8 aromatic rings. The van der Waals surface area contributed by atoms with Crippen molar-refractivity contribution in [3.05, 3.63) is 231 Å². The molecule has 0 saturated carbocycles. The lowest BCUT2D eigenvalue weighted by atomic mass is 10.3. The molecule has 0 fully saturated rings. The molecular weight excluding hydrogens is 759 g/mol. The second-order valence-electron chi connectivity index (χ2n) is 12.6. The van der Waals surface area contributed by atoms with Crippen LogP contribution in [-0.2, 0) is 23.6 Å². The fourth-order valence-corrected chi connectivity index (χ4v) is 14.2. The minimum absolute atomic E-state index is 0.822. The van der Waals surface area contributed by atoms with Crippen molar-refractivity contribution in [3.8, 4) is 0 Å². The Hall–Kier alpha value is -5.74. The van der Waals surface area contributed by atoms with E-state index >= 15 is 0 Å². The molecule has 56 heavy (non-hydrogen) atoms. The summed E-state index contributed by atoms with van der Waals surface area (Å²) in [5.41, 5.74) is 3.29. The first-order valence-corrected chi connectivity index (χ1v) is 23.7. The fraction of sp³-hybridized carbons (Fsp3) is 0. The Morgan fingerprint density at radius 1 is 0.250 bits per heavy atom. The fourth-order valence-electron chi connectivity index (χ4n) is 6.25. The molecule has 8 heteroatoms. The Morgan fingerprint density at radius 2 is 0.482 bits per heavy atom. The van der Waals surface area contributed by atoms with Crippen molar-refractivity contribution in [2.75, 3.05) is 0 Å². The van der Waals surface area contributed by atoms with Crippen LogP contribution in [0.1, 0.15) is 0 Å². The molecule has 0 saturated heterocycles. The lowest BCUT2D eigenvalue weighted by Gasteiger charge is -2.25. The Bertz CT molecular complexity index is 2350. The molecule has 0 spiro atoms. The van der Waals surface area contributed by atoms with Gasteiger partial charge < -0.3 is 0 Å². The van der Waals surface area contributed by atoms with Crippen molar-refractivity contribution < 1.29 is 0 Å². The van der Waals surface area contributed by atoms with Crippen LogP contribution in [0.3, 0.4) is 0 Å². The van der Waals surface area contributed by atoms with Crippen molar-refractivity contribution in [1.82, 2.24) is 0 Å². The van der Waals surface area contributed by atoms with Crippen LogP contribution in [-0.4, -0.2) is 0 Å². The maximum Gasteiger partial charge on any atom is 0.0947 e. The van der Waals surface area contributed by atoms with Gasteiger partial charge in [-0.25, -0.2) is 0 Å². The lowest BCUT2D eigenvalue weighted by molar-refractivity contribution is 1.24. The highest BCUT2D eigenvalue weighted by Gasteiger charge is 2.28. The summed E-state index contributed by atoms with van der Waals surface area (Å²) in [5.74, 6) is 0. The molecule has 0 atom stereocenters. The third-order valence-corrected chi connectivity index (χ3v) is 18.9. The third kappa shape index (κ3) is 8.87. The predicted molar refractivity (Wildman–Crippen MR) is 246 cm³/mol. The molecule has 0 heterocycles. The minimum atomic E-state index is -2.26. The minimum Gasteiger partial charge on any atom is -0.151 e. The van der Waals surface area contributed by atoms with Gasteiger partial charge in [-0.2, -0.15) is 10.2 Å². The van der Waals surface area contributed by atoms with Gasteiger partial charge in [-0.1, -0.05) is 218 Å². The van der Waals surface area contributed by atoms with Crippen molar-refractivity contribution >= 4 is 90.3 Å². The van der Waals surface area contributed by atoms with Crippen molar-refractivity contribution in [1.29, 1.82) is 0 Å². The van der Waals surface area contributed by atoms with E-state index in [4.69, 9.17) is 23.6 Å². The monoisotopic (exact) mass is 796 g/mol. The van der Waals surface area contributed by atoms with Gasteiger partial charge in [0.2, 0.25) is 0 Å². The highest BCUT2D eigenvalue weighted by atomic mass is 32.4. The van der Waals surface area contributed by atoms with E-state index in [0.29, 0.717) is 0 Å². The Labute approximate surface area is 339 Å². The largest absolute Gasteiger partial charge is 0.151 e. The van der Waals surface area contributed by atoms with Gasteiger partial charge in [0, 0.05) is 22.7 Å². The van der Waals surface area contributed by atoms with Gasteiger partial charge in [-0.15, -0.1) is 10.2 Å². The summed E-state index contributed by atoms with van der Waals surface area (Å²) in [6.07, 6.45) is 0. The van der Waals surface area contributed by atoms with Gasteiger partial charge in [0.25, 0.3) is 0 Å². The van der Waals surface area contributed by atoms with E-state index in [1.165, 1.54) is 0 Å². The van der Waals surface area contributed by atoms with Crippen LogP contribution < -0.4 is 31.8 Å². The number of hydrogen-bond donors (Lipinski definition) is 0. The van der Waals surface area contributed by atoms with Gasteiger partial charge in [0.1, 0.15) is 0 Å². The van der Waals surface area contributed by atoms with E-state index in [1.54, 1.807) is 0 Å². The molecule has 0 N–H and O–H groups in total. The van der Waals surface area contributed by atoms with Gasteiger partial charge in [-0.3, -0.25) is 0 Å². The molecule has 0 amide bonds. The third-order valence-electron chi connectivity index (χ3n) is 8.98. The number of rotatable bonds is 10. The van der Waals surface area contributed by atoms with E-state index < -0.39 is 12.1 Å². The van der Waals surface area contributed by atoms with Crippen LogP contribution >= 0.6 is 12.1 Å². The van der Waals surface area contributed by atoms with Crippen LogP contribution in [0, 0.1) is 0 Å². The molecule has 0 aliphatic rings. The highest BCUT2D eigenvalue weighted by molar-refractivity contribution is 8.26. The maximum atomic E-state index is 6.43. The molecule has 272 valence electrons. The highest BCUT2D eigenvalue weighted by Crippen LogP contribution is 2.46. The van der Waals surface area contributed by atoms with Crippen LogP contribution in [0.2, 0.25) is 0 Å². The summed E-state index contributed by atoms with van der Waals surface area (Å²) in [6, 6.07) is 72.7. The topological polar surface area (TPSA) is 49.4 Å². The molecule has 0 aliphatic carbocycles. The zero-order valence-corrected chi connectivity index (χ0v) is 33.9. The zero-order chi connectivity index (χ0) is 38.5. The first-order valence-electron chi connectivity index (χ1n) is 18.1.